The third-order valence-corrected chi connectivity index (χ3v) is 8.54. The zero-order valence-corrected chi connectivity index (χ0v) is 28.2. The van der Waals surface area contributed by atoms with Crippen LogP contribution in [0.2, 0.25) is 0 Å². The number of β-amino-alcohol motifs (C(OH)–C–C–N with tert-alkyl or cyclic N) is 1. The molecule has 4 rings (SSSR count). The normalized spacial score (nSPS) is 12.8. The molecule has 0 unspecified atom stereocenters. The number of carbonyl (C=O) groups is 2. The lowest BCUT2D eigenvalue weighted by Crippen LogP contribution is -2.52. The number of amides is 1. The second-order valence-electron chi connectivity index (χ2n) is 13.2. The molecule has 0 saturated carbocycles. The van der Waals surface area contributed by atoms with Crippen molar-refractivity contribution in [2.75, 3.05) is 6.54 Å². The molecular formula is C39H53N3O4. The van der Waals surface area contributed by atoms with Gasteiger partial charge in [-0.25, -0.2) is 0 Å². The van der Waals surface area contributed by atoms with Crippen LogP contribution in [-0.4, -0.2) is 51.4 Å². The number of aliphatic hydroxyl groups excluding tert-OH is 1. The zero-order valence-electron chi connectivity index (χ0n) is 28.2. The molecule has 1 heterocycles. The number of aryl methyl sites for hydroxylation is 3. The number of benzene rings is 3. The Labute approximate surface area is 275 Å². The molecule has 0 bridgehead atoms. The van der Waals surface area contributed by atoms with Gasteiger partial charge in [-0.3, -0.25) is 9.59 Å². The van der Waals surface area contributed by atoms with Crippen LogP contribution in [0.25, 0.3) is 10.9 Å². The summed E-state index contributed by atoms with van der Waals surface area (Å²) in [6.45, 7) is 12.1. The summed E-state index contributed by atoms with van der Waals surface area (Å²) in [4.78, 5) is 22.0. The van der Waals surface area contributed by atoms with Crippen LogP contribution in [0.5, 0.6) is 0 Å². The lowest BCUT2D eigenvalue weighted by atomic mass is 9.93. The van der Waals surface area contributed by atoms with Gasteiger partial charge < -0.3 is 25.4 Å². The Hall–Kier alpha value is -3.94. The van der Waals surface area contributed by atoms with E-state index in [1.165, 1.54) is 17.5 Å². The molecule has 0 aliphatic heterocycles. The molecule has 1 aromatic heterocycles. The Kier molecular flexibility index (Phi) is 14.5. The highest BCUT2D eigenvalue weighted by Crippen LogP contribution is 2.25. The SMILES string of the molecule is CCc1cn(CCc2ccccc2)c2ccc(C(=O)N[C@@H](Cc3ccccc3)[C@H](O)CNC(C)(C)CCCC(C)C)cc12.O=CO. The Morgan fingerprint density at radius 2 is 1.61 bits per heavy atom. The molecule has 0 spiro atoms. The molecular weight excluding hydrogens is 574 g/mol. The molecule has 7 nitrogen and oxygen atoms in total. The van der Waals surface area contributed by atoms with Crippen LogP contribution in [-0.2, 0) is 30.6 Å². The monoisotopic (exact) mass is 627 g/mol. The van der Waals surface area contributed by atoms with Gasteiger partial charge in [0.25, 0.3) is 12.4 Å². The van der Waals surface area contributed by atoms with Crippen LogP contribution in [0.3, 0.4) is 0 Å². The Balaban J connectivity index is 0.00000185. The first-order valence-electron chi connectivity index (χ1n) is 16.6. The first-order chi connectivity index (χ1) is 22.1. The number of hydrogen-bond donors (Lipinski definition) is 4. The minimum Gasteiger partial charge on any atom is -0.483 e. The first-order valence-corrected chi connectivity index (χ1v) is 16.6. The van der Waals surface area contributed by atoms with E-state index in [2.05, 4.69) is 86.3 Å². The maximum absolute atomic E-state index is 13.7. The lowest BCUT2D eigenvalue weighted by Gasteiger charge is -2.31. The minimum absolute atomic E-state index is 0.0908. The number of hydrogen-bond acceptors (Lipinski definition) is 4. The topological polar surface area (TPSA) is 104 Å². The highest BCUT2D eigenvalue weighted by Gasteiger charge is 2.26. The standard InChI is InChI=1S/C38H51N3O2.CH2O2/c1-6-31-27-41(23-21-29-15-9-7-10-16-29)35-20-19-32(25-33(31)35)37(43)40-34(24-30-17-11-8-12-18-30)36(42)26-39-38(4,5)22-13-14-28(2)3;2-1-3/h7-12,15-20,25,27-28,34,36,39,42H,6,13-14,21-24,26H2,1-5H3,(H,40,43);1H,(H,2,3)/t34-,36+;/m0./s1. The van der Waals surface area contributed by atoms with E-state index in [9.17, 15) is 9.90 Å². The van der Waals surface area contributed by atoms with E-state index in [1.54, 1.807) is 0 Å². The van der Waals surface area contributed by atoms with E-state index >= 15 is 0 Å². The fraction of sp³-hybridized carbons (Fsp3) is 0.436. The largest absolute Gasteiger partial charge is 0.483 e. The van der Waals surface area contributed by atoms with Gasteiger partial charge in [-0.15, -0.1) is 0 Å². The second-order valence-corrected chi connectivity index (χ2v) is 13.2. The average molecular weight is 628 g/mol. The number of carboxylic acid groups (broad SMARTS) is 1. The van der Waals surface area contributed by atoms with Crippen molar-refractivity contribution in [1.29, 1.82) is 0 Å². The van der Waals surface area contributed by atoms with Crippen molar-refractivity contribution in [3.63, 3.8) is 0 Å². The van der Waals surface area contributed by atoms with E-state index in [-0.39, 0.29) is 17.9 Å². The van der Waals surface area contributed by atoms with E-state index in [0.717, 1.165) is 48.7 Å². The van der Waals surface area contributed by atoms with E-state index in [1.807, 2.05) is 48.5 Å². The van der Waals surface area contributed by atoms with Crippen molar-refractivity contribution < 1.29 is 19.8 Å². The fourth-order valence-electron chi connectivity index (χ4n) is 5.84. The number of nitrogens with one attached hydrogen (secondary N) is 2. The molecule has 0 saturated heterocycles. The third-order valence-electron chi connectivity index (χ3n) is 8.54. The highest BCUT2D eigenvalue weighted by atomic mass is 16.3. The number of rotatable bonds is 16. The second kappa shape index (κ2) is 18.3. The van der Waals surface area contributed by atoms with Gasteiger partial charge in [0.05, 0.1) is 12.1 Å². The number of aromatic nitrogens is 1. The molecule has 0 aliphatic carbocycles. The number of aliphatic hydroxyl groups is 1. The summed E-state index contributed by atoms with van der Waals surface area (Å²) >= 11 is 0. The van der Waals surface area contributed by atoms with Crippen LogP contribution in [0.1, 0.15) is 80.9 Å². The molecule has 46 heavy (non-hydrogen) atoms. The van der Waals surface area contributed by atoms with Gasteiger partial charge in [0.2, 0.25) is 0 Å². The van der Waals surface area contributed by atoms with Crippen molar-refractivity contribution in [2.24, 2.45) is 5.92 Å². The molecule has 1 amide bonds. The van der Waals surface area contributed by atoms with Gasteiger partial charge >= 0.3 is 0 Å². The molecule has 0 aliphatic rings. The summed E-state index contributed by atoms with van der Waals surface area (Å²) < 4.78 is 2.30. The quantitative estimate of drug-likeness (QED) is 0.0998. The zero-order chi connectivity index (χ0) is 33.5. The highest BCUT2D eigenvalue weighted by molar-refractivity contribution is 5.99. The average Bonchev–Trinajstić information content (AvgIpc) is 3.40. The molecule has 3 aromatic carbocycles. The summed E-state index contributed by atoms with van der Waals surface area (Å²) in [5.74, 6) is 0.532. The molecule has 0 radical (unpaired) electrons. The Morgan fingerprint density at radius 3 is 2.22 bits per heavy atom. The van der Waals surface area contributed by atoms with Gasteiger partial charge in [0.15, 0.2) is 0 Å². The molecule has 7 heteroatoms. The molecule has 2 atom stereocenters. The van der Waals surface area contributed by atoms with Gasteiger partial charge in [-0.2, -0.15) is 0 Å². The van der Waals surface area contributed by atoms with Crippen molar-refractivity contribution in [3.8, 4) is 0 Å². The molecule has 4 N–H and O–H groups in total. The van der Waals surface area contributed by atoms with Gasteiger partial charge in [0, 0.05) is 41.3 Å². The van der Waals surface area contributed by atoms with E-state index in [0.29, 0.717) is 24.4 Å². The van der Waals surface area contributed by atoms with Crippen molar-refractivity contribution >= 4 is 23.3 Å². The molecule has 248 valence electrons. The Morgan fingerprint density at radius 1 is 0.978 bits per heavy atom. The molecule has 0 fully saturated rings. The minimum atomic E-state index is -0.734. The van der Waals surface area contributed by atoms with Crippen molar-refractivity contribution in [2.45, 2.75) is 97.4 Å². The lowest BCUT2D eigenvalue weighted by molar-refractivity contribution is -0.122. The summed E-state index contributed by atoms with van der Waals surface area (Å²) in [6, 6.07) is 26.2. The summed E-state index contributed by atoms with van der Waals surface area (Å²) in [5, 5.41) is 26.1. The predicted octanol–water partition coefficient (Wildman–Crippen LogP) is 7.04. The number of carbonyl (C=O) groups excluding carboxylic acids is 1. The van der Waals surface area contributed by atoms with Crippen LogP contribution < -0.4 is 10.6 Å². The Bertz CT molecular complexity index is 1480. The van der Waals surface area contributed by atoms with Gasteiger partial charge in [-0.1, -0.05) is 94.3 Å². The van der Waals surface area contributed by atoms with Crippen LogP contribution >= 0.6 is 0 Å². The maximum Gasteiger partial charge on any atom is 0.290 e. The van der Waals surface area contributed by atoms with Crippen molar-refractivity contribution in [3.05, 3.63) is 107 Å². The van der Waals surface area contributed by atoms with E-state index < -0.39 is 12.1 Å². The number of fused-ring (bicyclic) bond motifs is 1. The van der Waals surface area contributed by atoms with Gasteiger partial charge in [0.1, 0.15) is 0 Å². The summed E-state index contributed by atoms with van der Waals surface area (Å²) in [7, 11) is 0. The fourth-order valence-corrected chi connectivity index (χ4v) is 5.84. The van der Waals surface area contributed by atoms with Crippen LogP contribution in [0.15, 0.2) is 85.1 Å². The predicted molar refractivity (Wildman–Crippen MR) is 188 cm³/mol. The smallest absolute Gasteiger partial charge is 0.290 e. The van der Waals surface area contributed by atoms with E-state index in [4.69, 9.17) is 9.90 Å². The summed E-state index contributed by atoms with van der Waals surface area (Å²) in [6.07, 6.45) is 7.29. The summed E-state index contributed by atoms with van der Waals surface area (Å²) in [5.41, 5.74) is 5.32. The maximum atomic E-state index is 13.7. The number of nitrogens with zero attached hydrogens (tertiary/aromatic N) is 1. The van der Waals surface area contributed by atoms with Crippen LogP contribution in [0.4, 0.5) is 0 Å². The first kappa shape index (κ1) is 36.5. The van der Waals surface area contributed by atoms with Crippen molar-refractivity contribution in [1.82, 2.24) is 15.2 Å². The van der Waals surface area contributed by atoms with Gasteiger partial charge in [-0.05, 0) is 80.3 Å². The third kappa shape index (κ3) is 11.5. The van der Waals surface area contributed by atoms with Crippen LogP contribution in [0, 0.1) is 5.92 Å². The molecule has 4 aromatic rings.